The molecule has 0 atom stereocenters. The molecule has 0 amide bonds. The van der Waals surface area contributed by atoms with Gasteiger partial charge in [-0.1, -0.05) is 19.3 Å². The molecule has 1 heterocycles. The lowest BCUT2D eigenvalue weighted by Gasteiger charge is -2.33. The highest BCUT2D eigenvalue weighted by atomic mass is 32.1. The average Bonchev–Trinajstić information content (AvgIpc) is 2.75. The second kappa shape index (κ2) is 6.33. The fraction of sp³-hybridized carbons (Fsp3) is 0.750. The molecule has 1 fully saturated rings. The number of hydrogen-bond donors (Lipinski definition) is 2. The van der Waals surface area contributed by atoms with Gasteiger partial charge in [0.1, 0.15) is 0 Å². The molecule has 2 rings (SSSR count). The molecule has 5 heteroatoms. The number of hydrogen-bond acceptors (Lipinski definition) is 5. The van der Waals surface area contributed by atoms with Gasteiger partial charge in [0.05, 0.1) is 6.61 Å². The Morgan fingerprint density at radius 3 is 2.76 bits per heavy atom. The fourth-order valence-electron chi connectivity index (χ4n) is 2.56. The zero-order valence-corrected chi connectivity index (χ0v) is 11.0. The zero-order valence-electron chi connectivity index (χ0n) is 10.1. The van der Waals surface area contributed by atoms with Crippen molar-refractivity contribution >= 4 is 16.5 Å². The lowest BCUT2D eigenvalue weighted by atomic mass is 9.94. The Morgan fingerprint density at radius 2 is 2.18 bits per heavy atom. The van der Waals surface area contributed by atoms with Gasteiger partial charge < -0.3 is 10.8 Å². The van der Waals surface area contributed by atoms with E-state index in [4.69, 9.17) is 5.73 Å². The fourth-order valence-corrected chi connectivity index (χ4v) is 3.27. The summed E-state index contributed by atoms with van der Waals surface area (Å²) in [4.78, 5) is 7.66. The number of nitrogen functional groups attached to an aromatic ring is 1. The Morgan fingerprint density at radius 1 is 1.41 bits per heavy atom. The van der Waals surface area contributed by atoms with Gasteiger partial charge in [-0.3, -0.25) is 4.90 Å². The number of aliphatic hydroxyl groups is 1. The minimum atomic E-state index is 0.227. The van der Waals surface area contributed by atoms with Crippen LogP contribution in [0.2, 0.25) is 0 Å². The van der Waals surface area contributed by atoms with Crippen LogP contribution in [0.4, 0.5) is 5.13 Å². The number of aromatic nitrogens is 1. The first kappa shape index (κ1) is 12.8. The molecular formula is C12H21N3OS. The number of nitrogens with zero attached hydrogens (tertiary/aromatic N) is 2. The predicted octanol–water partition coefficient (Wildman–Crippen LogP) is 1.85. The third-order valence-corrected chi connectivity index (χ3v) is 4.22. The van der Waals surface area contributed by atoms with E-state index < -0.39 is 0 Å². The molecule has 1 aliphatic carbocycles. The summed E-state index contributed by atoms with van der Waals surface area (Å²) in [6, 6.07) is 0.624. The molecular weight excluding hydrogens is 234 g/mol. The molecule has 0 aromatic carbocycles. The minimum Gasteiger partial charge on any atom is -0.395 e. The van der Waals surface area contributed by atoms with Gasteiger partial charge in [0, 0.05) is 30.2 Å². The highest BCUT2D eigenvalue weighted by Gasteiger charge is 2.21. The van der Waals surface area contributed by atoms with Gasteiger partial charge in [0.2, 0.25) is 0 Å². The lowest BCUT2D eigenvalue weighted by Crippen LogP contribution is -2.38. The highest BCUT2D eigenvalue weighted by molar-refractivity contribution is 7.15. The smallest absolute Gasteiger partial charge is 0.180 e. The topological polar surface area (TPSA) is 62.4 Å². The average molecular weight is 255 g/mol. The molecule has 1 aromatic heterocycles. The lowest BCUT2D eigenvalue weighted by molar-refractivity contribution is 0.118. The van der Waals surface area contributed by atoms with Gasteiger partial charge in [-0.25, -0.2) is 4.98 Å². The molecule has 4 nitrogen and oxygen atoms in total. The second-order valence-electron chi connectivity index (χ2n) is 4.65. The summed E-state index contributed by atoms with van der Waals surface area (Å²) in [6.07, 6.45) is 8.36. The van der Waals surface area contributed by atoms with Gasteiger partial charge in [0.15, 0.2) is 5.13 Å². The standard InChI is InChI=1S/C12H21N3OS/c13-12-14-8-11(17-12)9-15(6-7-16)10-4-2-1-3-5-10/h8,10,16H,1-7,9H2,(H2,13,14). The van der Waals surface area contributed by atoms with Gasteiger partial charge in [-0.05, 0) is 12.8 Å². The van der Waals surface area contributed by atoms with Crippen molar-refractivity contribution in [3.05, 3.63) is 11.1 Å². The van der Waals surface area contributed by atoms with E-state index >= 15 is 0 Å². The molecule has 0 radical (unpaired) electrons. The molecule has 0 saturated heterocycles. The maximum absolute atomic E-state index is 9.17. The van der Waals surface area contributed by atoms with Crippen LogP contribution in [0.5, 0.6) is 0 Å². The van der Waals surface area contributed by atoms with Gasteiger partial charge in [0.25, 0.3) is 0 Å². The van der Waals surface area contributed by atoms with E-state index in [1.54, 1.807) is 11.3 Å². The van der Waals surface area contributed by atoms with Crippen LogP contribution in [-0.2, 0) is 6.54 Å². The van der Waals surface area contributed by atoms with Crippen molar-refractivity contribution in [3.8, 4) is 0 Å². The number of rotatable bonds is 5. The maximum Gasteiger partial charge on any atom is 0.180 e. The molecule has 0 aliphatic heterocycles. The number of aliphatic hydroxyl groups excluding tert-OH is 1. The molecule has 3 N–H and O–H groups in total. The van der Waals surface area contributed by atoms with Crippen molar-refractivity contribution < 1.29 is 5.11 Å². The van der Waals surface area contributed by atoms with Crippen LogP contribution in [0.25, 0.3) is 0 Å². The zero-order chi connectivity index (χ0) is 12.1. The summed E-state index contributed by atoms with van der Waals surface area (Å²) in [6.45, 7) is 1.85. The van der Waals surface area contributed by atoms with E-state index in [9.17, 15) is 5.11 Å². The van der Waals surface area contributed by atoms with Crippen molar-refractivity contribution in [2.75, 3.05) is 18.9 Å². The van der Waals surface area contributed by atoms with Crippen LogP contribution >= 0.6 is 11.3 Å². The highest BCUT2D eigenvalue weighted by Crippen LogP contribution is 2.25. The number of thiazole rings is 1. The summed E-state index contributed by atoms with van der Waals surface area (Å²) in [7, 11) is 0. The first-order valence-corrected chi connectivity index (χ1v) is 7.16. The van der Waals surface area contributed by atoms with Crippen molar-refractivity contribution in [2.24, 2.45) is 0 Å². The largest absolute Gasteiger partial charge is 0.395 e. The van der Waals surface area contributed by atoms with Crippen molar-refractivity contribution in [3.63, 3.8) is 0 Å². The van der Waals surface area contributed by atoms with Crippen LogP contribution in [0.1, 0.15) is 37.0 Å². The molecule has 0 bridgehead atoms. The Labute approximate surface area is 106 Å². The Hall–Kier alpha value is -0.650. The molecule has 0 unspecified atom stereocenters. The first-order chi connectivity index (χ1) is 8.29. The normalized spacial score (nSPS) is 17.8. The molecule has 1 aromatic rings. The van der Waals surface area contributed by atoms with Crippen molar-refractivity contribution in [1.82, 2.24) is 9.88 Å². The van der Waals surface area contributed by atoms with Crippen LogP contribution < -0.4 is 5.73 Å². The van der Waals surface area contributed by atoms with Crippen LogP contribution in [0.3, 0.4) is 0 Å². The summed E-state index contributed by atoms with van der Waals surface area (Å²) >= 11 is 1.55. The Kier molecular flexibility index (Phi) is 4.76. The molecule has 1 saturated carbocycles. The Bertz CT molecular complexity index is 336. The van der Waals surface area contributed by atoms with Crippen LogP contribution in [0, 0.1) is 0 Å². The third kappa shape index (κ3) is 3.66. The SMILES string of the molecule is Nc1ncc(CN(CCO)C2CCCCC2)s1. The minimum absolute atomic E-state index is 0.227. The second-order valence-corrected chi connectivity index (χ2v) is 5.80. The van der Waals surface area contributed by atoms with E-state index in [-0.39, 0.29) is 6.61 Å². The van der Waals surface area contributed by atoms with Crippen LogP contribution in [-0.4, -0.2) is 34.2 Å². The summed E-state index contributed by atoms with van der Waals surface area (Å²) in [5.41, 5.74) is 5.65. The summed E-state index contributed by atoms with van der Waals surface area (Å²) in [5, 5.41) is 9.80. The van der Waals surface area contributed by atoms with E-state index in [0.717, 1.165) is 13.1 Å². The predicted molar refractivity (Wildman–Crippen MR) is 70.9 cm³/mol. The summed E-state index contributed by atoms with van der Waals surface area (Å²) in [5.74, 6) is 0. The van der Waals surface area contributed by atoms with Crippen molar-refractivity contribution in [1.29, 1.82) is 0 Å². The van der Waals surface area contributed by atoms with E-state index in [1.165, 1.54) is 37.0 Å². The molecule has 0 spiro atoms. The van der Waals surface area contributed by atoms with Crippen molar-refractivity contribution in [2.45, 2.75) is 44.7 Å². The van der Waals surface area contributed by atoms with Crippen LogP contribution in [0.15, 0.2) is 6.20 Å². The quantitative estimate of drug-likeness (QED) is 0.843. The van der Waals surface area contributed by atoms with E-state index in [1.807, 2.05) is 6.20 Å². The van der Waals surface area contributed by atoms with Gasteiger partial charge in [-0.15, -0.1) is 11.3 Å². The molecule has 1 aliphatic rings. The molecule has 96 valence electrons. The molecule has 17 heavy (non-hydrogen) atoms. The Balaban J connectivity index is 1.95. The maximum atomic E-state index is 9.17. The van der Waals surface area contributed by atoms with Gasteiger partial charge in [-0.2, -0.15) is 0 Å². The van der Waals surface area contributed by atoms with E-state index in [0.29, 0.717) is 11.2 Å². The van der Waals surface area contributed by atoms with Gasteiger partial charge >= 0.3 is 0 Å². The number of anilines is 1. The monoisotopic (exact) mass is 255 g/mol. The third-order valence-electron chi connectivity index (χ3n) is 3.41. The first-order valence-electron chi connectivity index (χ1n) is 6.34. The summed E-state index contributed by atoms with van der Waals surface area (Å²) < 4.78 is 0. The van der Waals surface area contributed by atoms with E-state index in [2.05, 4.69) is 9.88 Å². The number of nitrogens with two attached hydrogens (primary N) is 1.